The second-order valence-corrected chi connectivity index (χ2v) is 7.07. The van der Waals surface area contributed by atoms with Gasteiger partial charge in [-0.25, -0.2) is 0 Å². The van der Waals surface area contributed by atoms with Gasteiger partial charge in [0.1, 0.15) is 0 Å². The standard InChI is InChI=1S/C17H32N4O/c1-3-18-16(19-9-11-20(4-2)15-5-6-15)21-10-7-17(13-21)8-12-22-14-17/h15H,3-14H2,1-2H3,(H,18,19). The average Bonchev–Trinajstić information content (AvgIpc) is 3.13. The predicted molar refractivity (Wildman–Crippen MR) is 90.3 cm³/mol. The van der Waals surface area contributed by atoms with Gasteiger partial charge in [0.25, 0.3) is 0 Å². The van der Waals surface area contributed by atoms with Crippen LogP contribution in [-0.2, 0) is 4.74 Å². The van der Waals surface area contributed by atoms with Crippen LogP contribution in [0.3, 0.4) is 0 Å². The molecule has 5 nitrogen and oxygen atoms in total. The number of nitrogens with one attached hydrogen (secondary N) is 1. The van der Waals surface area contributed by atoms with E-state index in [0.717, 1.165) is 64.5 Å². The molecule has 2 aliphatic heterocycles. The molecule has 2 heterocycles. The van der Waals surface area contributed by atoms with Gasteiger partial charge in [-0.05, 0) is 39.2 Å². The molecule has 5 heteroatoms. The first-order valence-corrected chi connectivity index (χ1v) is 9.11. The van der Waals surface area contributed by atoms with E-state index in [1.54, 1.807) is 0 Å². The lowest BCUT2D eigenvalue weighted by molar-refractivity contribution is 0.156. The summed E-state index contributed by atoms with van der Waals surface area (Å²) in [5.41, 5.74) is 0.402. The van der Waals surface area contributed by atoms with Gasteiger partial charge in [0.2, 0.25) is 0 Å². The zero-order valence-electron chi connectivity index (χ0n) is 14.3. The summed E-state index contributed by atoms with van der Waals surface area (Å²) in [4.78, 5) is 9.92. The lowest BCUT2D eigenvalue weighted by Crippen LogP contribution is -2.42. The van der Waals surface area contributed by atoms with Gasteiger partial charge in [0.15, 0.2) is 5.96 Å². The molecule has 3 rings (SSSR count). The largest absolute Gasteiger partial charge is 0.381 e. The molecule has 1 N–H and O–H groups in total. The van der Waals surface area contributed by atoms with Gasteiger partial charge < -0.3 is 15.0 Å². The summed E-state index contributed by atoms with van der Waals surface area (Å²) >= 11 is 0. The average molecular weight is 308 g/mol. The maximum atomic E-state index is 5.64. The molecule has 1 aliphatic carbocycles. The molecule has 1 unspecified atom stereocenters. The van der Waals surface area contributed by atoms with Crippen LogP contribution in [0.2, 0.25) is 0 Å². The maximum absolute atomic E-state index is 5.64. The van der Waals surface area contributed by atoms with Crippen LogP contribution in [0.4, 0.5) is 0 Å². The molecule has 3 aliphatic rings. The topological polar surface area (TPSA) is 40.1 Å². The number of likely N-dealkylation sites (N-methyl/N-ethyl adjacent to an activating group) is 1. The van der Waals surface area contributed by atoms with Crippen LogP contribution in [0.25, 0.3) is 0 Å². The minimum atomic E-state index is 0.402. The molecule has 0 aromatic rings. The summed E-state index contributed by atoms with van der Waals surface area (Å²) in [6, 6.07) is 0.841. The van der Waals surface area contributed by atoms with Gasteiger partial charge >= 0.3 is 0 Å². The maximum Gasteiger partial charge on any atom is 0.193 e. The molecule has 126 valence electrons. The lowest BCUT2D eigenvalue weighted by atomic mass is 9.87. The highest BCUT2D eigenvalue weighted by Crippen LogP contribution is 2.38. The highest BCUT2D eigenvalue weighted by atomic mass is 16.5. The molecule has 0 bridgehead atoms. The summed E-state index contributed by atoms with van der Waals surface area (Å²) in [6.07, 6.45) is 5.23. The van der Waals surface area contributed by atoms with E-state index in [0.29, 0.717) is 5.41 Å². The van der Waals surface area contributed by atoms with Crippen LogP contribution in [0.1, 0.15) is 39.5 Å². The predicted octanol–water partition coefficient (Wildman–Crippen LogP) is 1.55. The van der Waals surface area contributed by atoms with E-state index < -0.39 is 0 Å². The first-order valence-electron chi connectivity index (χ1n) is 9.11. The third kappa shape index (κ3) is 3.74. The molecule has 0 aromatic heterocycles. The van der Waals surface area contributed by atoms with Crippen molar-refractivity contribution in [2.45, 2.75) is 45.6 Å². The van der Waals surface area contributed by atoms with E-state index in [9.17, 15) is 0 Å². The number of ether oxygens (including phenoxy) is 1. The molecule has 1 atom stereocenters. The Hall–Kier alpha value is -0.810. The number of hydrogen-bond acceptors (Lipinski definition) is 3. The van der Waals surface area contributed by atoms with Gasteiger partial charge in [0, 0.05) is 44.2 Å². The Labute approximate surface area is 135 Å². The van der Waals surface area contributed by atoms with Crippen molar-refractivity contribution < 1.29 is 4.74 Å². The highest BCUT2D eigenvalue weighted by Gasteiger charge is 2.42. The second kappa shape index (κ2) is 7.18. The molecule has 22 heavy (non-hydrogen) atoms. The lowest BCUT2D eigenvalue weighted by Gasteiger charge is -2.25. The SMILES string of the molecule is CCNC(=NCCN(CC)C1CC1)N1CCC2(CCOC2)C1. The third-order valence-corrected chi connectivity index (χ3v) is 5.38. The third-order valence-electron chi connectivity index (χ3n) is 5.38. The van der Waals surface area contributed by atoms with Gasteiger partial charge in [-0.15, -0.1) is 0 Å². The van der Waals surface area contributed by atoms with Crippen LogP contribution in [0.15, 0.2) is 4.99 Å². The second-order valence-electron chi connectivity index (χ2n) is 7.07. The summed E-state index contributed by atoms with van der Waals surface area (Å²) in [7, 11) is 0. The molecule has 0 radical (unpaired) electrons. The molecule has 0 aromatic carbocycles. The molecule has 0 amide bonds. The van der Waals surface area contributed by atoms with Crippen LogP contribution in [-0.4, -0.2) is 74.3 Å². The number of likely N-dealkylation sites (tertiary alicyclic amines) is 1. The fraction of sp³-hybridized carbons (Fsp3) is 0.941. The van der Waals surface area contributed by atoms with Crippen LogP contribution in [0, 0.1) is 5.41 Å². The van der Waals surface area contributed by atoms with Crippen molar-refractivity contribution in [3.63, 3.8) is 0 Å². The number of hydrogen-bond donors (Lipinski definition) is 1. The molecule has 2 saturated heterocycles. The molecular formula is C17H32N4O. The van der Waals surface area contributed by atoms with E-state index >= 15 is 0 Å². The van der Waals surface area contributed by atoms with Gasteiger partial charge in [-0.1, -0.05) is 6.92 Å². The molecule has 1 spiro atoms. The Morgan fingerprint density at radius 3 is 2.86 bits per heavy atom. The fourth-order valence-electron chi connectivity index (χ4n) is 3.84. The van der Waals surface area contributed by atoms with Crippen molar-refractivity contribution in [3.8, 4) is 0 Å². The van der Waals surface area contributed by atoms with Crippen molar-refractivity contribution in [1.29, 1.82) is 0 Å². The van der Waals surface area contributed by atoms with Gasteiger partial charge in [-0.2, -0.15) is 0 Å². The van der Waals surface area contributed by atoms with Crippen molar-refractivity contribution >= 4 is 5.96 Å². The fourth-order valence-corrected chi connectivity index (χ4v) is 3.84. The van der Waals surface area contributed by atoms with Crippen molar-refractivity contribution in [2.75, 3.05) is 52.5 Å². The Bertz CT molecular complexity index is 388. The van der Waals surface area contributed by atoms with E-state index in [2.05, 4.69) is 29.0 Å². The molecular weight excluding hydrogens is 276 g/mol. The molecule has 1 saturated carbocycles. The van der Waals surface area contributed by atoms with Gasteiger partial charge in [-0.3, -0.25) is 9.89 Å². The monoisotopic (exact) mass is 308 g/mol. The zero-order valence-corrected chi connectivity index (χ0v) is 14.3. The van der Waals surface area contributed by atoms with Gasteiger partial charge in [0.05, 0.1) is 13.2 Å². The van der Waals surface area contributed by atoms with E-state index in [-0.39, 0.29) is 0 Å². The highest BCUT2D eigenvalue weighted by molar-refractivity contribution is 5.80. The minimum absolute atomic E-state index is 0.402. The van der Waals surface area contributed by atoms with Crippen molar-refractivity contribution in [1.82, 2.24) is 15.1 Å². The number of nitrogens with zero attached hydrogens (tertiary/aromatic N) is 3. The Balaban J connectivity index is 1.53. The van der Waals surface area contributed by atoms with Crippen LogP contribution >= 0.6 is 0 Å². The van der Waals surface area contributed by atoms with Crippen LogP contribution in [0.5, 0.6) is 0 Å². The number of rotatable bonds is 6. The quantitative estimate of drug-likeness (QED) is 0.597. The Kier molecular flexibility index (Phi) is 5.24. The summed E-state index contributed by atoms with van der Waals surface area (Å²) in [5, 5.41) is 3.48. The zero-order chi connectivity index (χ0) is 15.4. The van der Waals surface area contributed by atoms with E-state index in [1.807, 2.05) is 0 Å². The Morgan fingerprint density at radius 2 is 2.23 bits per heavy atom. The van der Waals surface area contributed by atoms with Crippen molar-refractivity contribution in [2.24, 2.45) is 10.4 Å². The van der Waals surface area contributed by atoms with E-state index in [1.165, 1.54) is 25.7 Å². The van der Waals surface area contributed by atoms with E-state index in [4.69, 9.17) is 9.73 Å². The van der Waals surface area contributed by atoms with Crippen molar-refractivity contribution in [3.05, 3.63) is 0 Å². The number of aliphatic imine (C=N–C) groups is 1. The number of guanidine groups is 1. The summed E-state index contributed by atoms with van der Waals surface area (Å²) in [6.45, 7) is 12.6. The summed E-state index contributed by atoms with van der Waals surface area (Å²) in [5.74, 6) is 1.11. The Morgan fingerprint density at radius 1 is 1.36 bits per heavy atom. The summed E-state index contributed by atoms with van der Waals surface area (Å²) < 4.78 is 5.64. The first-order chi connectivity index (χ1) is 10.8. The smallest absolute Gasteiger partial charge is 0.193 e. The molecule has 3 fully saturated rings. The normalized spacial score (nSPS) is 29.0. The van der Waals surface area contributed by atoms with Crippen LogP contribution < -0.4 is 5.32 Å². The first kappa shape index (κ1) is 16.1. The minimum Gasteiger partial charge on any atom is -0.381 e.